The van der Waals surface area contributed by atoms with Crippen molar-refractivity contribution in [2.75, 3.05) is 6.54 Å². The van der Waals surface area contributed by atoms with Gasteiger partial charge in [-0.1, -0.05) is 26.8 Å². The van der Waals surface area contributed by atoms with Crippen LogP contribution in [0.3, 0.4) is 0 Å². The molecule has 1 N–H and O–H groups in total. The topological polar surface area (TPSA) is 29.1 Å². The zero-order valence-corrected chi connectivity index (χ0v) is 11.7. The molecule has 0 saturated heterocycles. The molecular formula is C15H21F2NO. The number of amides is 1. The molecule has 4 heteroatoms. The first-order valence-electron chi connectivity index (χ1n) is 6.53. The molecule has 0 spiro atoms. The summed E-state index contributed by atoms with van der Waals surface area (Å²) in [5.41, 5.74) is 0.131. The number of halogens is 2. The summed E-state index contributed by atoms with van der Waals surface area (Å²) < 4.78 is 26.0. The lowest BCUT2D eigenvalue weighted by molar-refractivity contribution is -0.128. The molecule has 0 fully saturated rings. The van der Waals surface area contributed by atoms with Gasteiger partial charge < -0.3 is 5.32 Å². The van der Waals surface area contributed by atoms with Crippen LogP contribution >= 0.6 is 0 Å². The Morgan fingerprint density at radius 1 is 1.21 bits per heavy atom. The van der Waals surface area contributed by atoms with Gasteiger partial charge in [0.05, 0.1) is 0 Å². The van der Waals surface area contributed by atoms with Crippen molar-refractivity contribution in [2.24, 2.45) is 5.41 Å². The van der Waals surface area contributed by atoms with Gasteiger partial charge in [0, 0.05) is 18.0 Å². The predicted molar refractivity (Wildman–Crippen MR) is 71.8 cm³/mol. The quantitative estimate of drug-likeness (QED) is 0.815. The molecule has 1 amide bonds. The van der Waals surface area contributed by atoms with E-state index in [1.54, 1.807) is 0 Å². The number of carbonyl (C=O) groups is 1. The molecular weight excluding hydrogens is 248 g/mol. The summed E-state index contributed by atoms with van der Waals surface area (Å²) in [6.07, 6.45) is 2.09. The molecule has 0 radical (unpaired) electrons. The number of hydrogen-bond donors (Lipinski definition) is 1. The minimum Gasteiger partial charge on any atom is -0.356 e. The van der Waals surface area contributed by atoms with E-state index >= 15 is 0 Å². The van der Waals surface area contributed by atoms with Crippen molar-refractivity contribution in [1.82, 2.24) is 5.32 Å². The number of hydrogen-bond acceptors (Lipinski definition) is 1. The largest absolute Gasteiger partial charge is 0.356 e. The SMILES string of the molecule is CC(C)(C)C(=O)NCCCCc1ccc(F)cc1F. The fourth-order valence-electron chi connectivity index (χ4n) is 1.63. The number of benzene rings is 1. The monoisotopic (exact) mass is 269 g/mol. The van der Waals surface area contributed by atoms with Crippen LogP contribution in [0.4, 0.5) is 8.78 Å². The second-order valence-corrected chi connectivity index (χ2v) is 5.70. The second kappa shape index (κ2) is 6.64. The Morgan fingerprint density at radius 3 is 2.47 bits per heavy atom. The Balaban J connectivity index is 2.26. The molecule has 0 bridgehead atoms. The first-order valence-corrected chi connectivity index (χ1v) is 6.53. The number of unbranched alkanes of at least 4 members (excludes halogenated alkanes) is 1. The highest BCUT2D eigenvalue weighted by atomic mass is 19.1. The van der Waals surface area contributed by atoms with Crippen molar-refractivity contribution in [2.45, 2.75) is 40.0 Å². The third-order valence-corrected chi connectivity index (χ3v) is 2.85. The summed E-state index contributed by atoms with van der Waals surface area (Å²) in [5.74, 6) is -1.04. The third kappa shape index (κ3) is 5.37. The average Bonchev–Trinajstić information content (AvgIpc) is 2.29. The van der Waals surface area contributed by atoms with Gasteiger partial charge >= 0.3 is 0 Å². The Morgan fingerprint density at radius 2 is 1.89 bits per heavy atom. The smallest absolute Gasteiger partial charge is 0.225 e. The molecule has 0 saturated carbocycles. The van der Waals surface area contributed by atoms with E-state index in [9.17, 15) is 13.6 Å². The fourth-order valence-corrected chi connectivity index (χ4v) is 1.63. The van der Waals surface area contributed by atoms with Gasteiger partial charge in [-0.15, -0.1) is 0 Å². The zero-order chi connectivity index (χ0) is 14.5. The van der Waals surface area contributed by atoms with Gasteiger partial charge in [0.2, 0.25) is 5.91 Å². The molecule has 0 aliphatic heterocycles. The molecule has 1 rings (SSSR count). The van der Waals surface area contributed by atoms with Crippen molar-refractivity contribution >= 4 is 5.91 Å². The lowest BCUT2D eigenvalue weighted by Crippen LogP contribution is -2.35. The maximum Gasteiger partial charge on any atom is 0.225 e. The van der Waals surface area contributed by atoms with E-state index < -0.39 is 11.6 Å². The van der Waals surface area contributed by atoms with Crippen molar-refractivity contribution in [3.05, 3.63) is 35.4 Å². The Bertz CT molecular complexity index is 438. The van der Waals surface area contributed by atoms with E-state index in [2.05, 4.69) is 5.32 Å². The average molecular weight is 269 g/mol. The Hall–Kier alpha value is -1.45. The third-order valence-electron chi connectivity index (χ3n) is 2.85. The van der Waals surface area contributed by atoms with Crippen LogP contribution in [0.2, 0.25) is 0 Å². The number of carbonyl (C=O) groups excluding carboxylic acids is 1. The van der Waals surface area contributed by atoms with Crippen LogP contribution in [0.5, 0.6) is 0 Å². The van der Waals surface area contributed by atoms with Crippen molar-refractivity contribution in [3.63, 3.8) is 0 Å². The number of nitrogens with one attached hydrogen (secondary N) is 1. The molecule has 0 atom stereocenters. The normalized spacial score (nSPS) is 11.4. The highest BCUT2D eigenvalue weighted by Crippen LogP contribution is 2.13. The molecule has 0 heterocycles. The maximum atomic E-state index is 13.3. The van der Waals surface area contributed by atoms with Crippen molar-refractivity contribution < 1.29 is 13.6 Å². The summed E-state index contributed by atoms with van der Waals surface area (Å²) in [6, 6.07) is 3.63. The standard InChI is InChI=1S/C15H21F2NO/c1-15(2,3)14(19)18-9-5-4-6-11-7-8-12(16)10-13(11)17/h7-8,10H,4-6,9H2,1-3H3,(H,18,19). The molecule has 0 unspecified atom stereocenters. The highest BCUT2D eigenvalue weighted by Gasteiger charge is 2.20. The van der Waals surface area contributed by atoms with Gasteiger partial charge in [0.15, 0.2) is 0 Å². The van der Waals surface area contributed by atoms with Crippen LogP contribution in [-0.4, -0.2) is 12.5 Å². The van der Waals surface area contributed by atoms with Gasteiger partial charge in [-0.05, 0) is 30.9 Å². The minimum absolute atomic E-state index is 0.0143. The fraction of sp³-hybridized carbons (Fsp3) is 0.533. The predicted octanol–water partition coefficient (Wildman–Crippen LogP) is 3.45. The van der Waals surface area contributed by atoms with Crippen LogP contribution in [0.25, 0.3) is 0 Å². The summed E-state index contributed by atoms with van der Waals surface area (Å²) >= 11 is 0. The summed E-state index contributed by atoms with van der Waals surface area (Å²) in [7, 11) is 0. The summed E-state index contributed by atoms with van der Waals surface area (Å²) in [5, 5.41) is 2.84. The Kier molecular flexibility index (Phi) is 5.45. The molecule has 0 aliphatic rings. The van der Waals surface area contributed by atoms with Gasteiger partial charge in [0.25, 0.3) is 0 Å². The summed E-state index contributed by atoms with van der Waals surface area (Å²) in [6.45, 7) is 6.15. The van der Waals surface area contributed by atoms with Gasteiger partial charge in [-0.2, -0.15) is 0 Å². The molecule has 0 aliphatic carbocycles. The lowest BCUT2D eigenvalue weighted by atomic mass is 9.95. The van der Waals surface area contributed by atoms with Gasteiger partial charge in [0.1, 0.15) is 11.6 Å². The number of rotatable bonds is 5. The maximum absolute atomic E-state index is 13.3. The van der Waals surface area contributed by atoms with Gasteiger partial charge in [-0.3, -0.25) is 4.79 Å². The molecule has 19 heavy (non-hydrogen) atoms. The minimum atomic E-state index is -0.557. The first kappa shape index (κ1) is 15.6. The Labute approximate surface area is 113 Å². The van der Waals surface area contributed by atoms with Gasteiger partial charge in [-0.25, -0.2) is 8.78 Å². The highest BCUT2D eigenvalue weighted by molar-refractivity contribution is 5.81. The van der Waals surface area contributed by atoms with E-state index in [1.165, 1.54) is 12.1 Å². The second-order valence-electron chi connectivity index (χ2n) is 5.70. The zero-order valence-electron chi connectivity index (χ0n) is 11.7. The van der Waals surface area contributed by atoms with E-state index in [-0.39, 0.29) is 11.3 Å². The molecule has 106 valence electrons. The van der Waals surface area contributed by atoms with E-state index in [1.807, 2.05) is 20.8 Å². The van der Waals surface area contributed by atoms with Crippen LogP contribution in [0.1, 0.15) is 39.2 Å². The summed E-state index contributed by atoms with van der Waals surface area (Å²) in [4.78, 5) is 11.6. The lowest BCUT2D eigenvalue weighted by Gasteiger charge is -2.17. The van der Waals surface area contributed by atoms with Crippen molar-refractivity contribution in [1.29, 1.82) is 0 Å². The molecule has 1 aromatic rings. The van der Waals surface area contributed by atoms with Crippen LogP contribution in [0.15, 0.2) is 18.2 Å². The molecule has 1 aromatic carbocycles. The van der Waals surface area contributed by atoms with E-state index in [0.29, 0.717) is 18.5 Å². The van der Waals surface area contributed by atoms with Crippen molar-refractivity contribution in [3.8, 4) is 0 Å². The van der Waals surface area contributed by atoms with Crippen LogP contribution in [0, 0.1) is 17.0 Å². The first-order chi connectivity index (χ1) is 8.80. The molecule has 0 aromatic heterocycles. The molecule has 2 nitrogen and oxygen atoms in total. The van der Waals surface area contributed by atoms with E-state index in [0.717, 1.165) is 18.9 Å². The van der Waals surface area contributed by atoms with E-state index in [4.69, 9.17) is 0 Å². The van der Waals surface area contributed by atoms with Crippen LogP contribution < -0.4 is 5.32 Å². The van der Waals surface area contributed by atoms with Crippen LogP contribution in [-0.2, 0) is 11.2 Å². The number of aryl methyl sites for hydroxylation is 1.